The van der Waals surface area contributed by atoms with Gasteiger partial charge in [-0.2, -0.15) is 18.2 Å². The molecule has 2 N–H and O–H groups in total. The lowest BCUT2D eigenvalue weighted by Gasteiger charge is -2.07. The Balaban J connectivity index is 0.000000351. The van der Waals surface area contributed by atoms with Gasteiger partial charge in [0.2, 0.25) is 5.28 Å². The summed E-state index contributed by atoms with van der Waals surface area (Å²) in [5.74, 6) is -2.28. The van der Waals surface area contributed by atoms with Gasteiger partial charge in [0.25, 0.3) is 0 Å². The summed E-state index contributed by atoms with van der Waals surface area (Å²) in [7, 11) is 0. The highest BCUT2D eigenvalue weighted by atomic mass is 35.5. The van der Waals surface area contributed by atoms with E-state index in [0.29, 0.717) is 10.8 Å². The molecule has 0 aliphatic carbocycles. The molecule has 10 heteroatoms. The third kappa shape index (κ3) is 6.43. The van der Waals surface area contributed by atoms with Crippen molar-refractivity contribution in [2.24, 2.45) is 0 Å². The van der Waals surface area contributed by atoms with Crippen molar-refractivity contribution < 1.29 is 23.1 Å². The number of halogens is 5. The fourth-order valence-corrected chi connectivity index (χ4v) is 1.58. The monoisotopic (exact) mass is 379 g/mol. The molecule has 0 spiro atoms. The normalized spacial score (nSPS) is 10.4. The van der Waals surface area contributed by atoms with Crippen LogP contribution in [0.1, 0.15) is 5.56 Å². The van der Waals surface area contributed by atoms with E-state index in [1.165, 1.54) is 6.20 Å². The Morgan fingerprint density at radius 1 is 1.33 bits per heavy atom. The second-order valence-electron chi connectivity index (χ2n) is 4.09. The Labute approximate surface area is 144 Å². The van der Waals surface area contributed by atoms with Crippen molar-refractivity contribution in [3.63, 3.8) is 0 Å². The molecule has 0 saturated carbocycles. The summed E-state index contributed by atoms with van der Waals surface area (Å²) in [6.45, 7) is 3.71. The molecule has 2 aromatic rings. The van der Waals surface area contributed by atoms with E-state index in [2.05, 4.69) is 21.9 Å². The van der Waals surface area contributed by atoms with Gasteiger partial charge in [-0.15, -0.1) is 0 Å². The number of aliphatic carboxylic acids is 1. The Morgan fingerprint density at radius 2 is 1.96 bits per heavy atom. The Morgan fingerprint density at radius 3 is 2.50 bits per heavy atom. The van der Waals surface area contributed by atoms with Crippen molar-refractivity contribution in [2.45, 2.75) is 6.18 Å². The van der Waals surface area contributed by atoms with Crippen LogP contribution in [0.4, 0.5) is 24.7 Å². The predicted molar refractivity (Wildman–Crippen MR) is 85.6 cm³/mol. The topological polar surface area (TPSA) is 75.1 Å². The number of alkyl halides is 3. The van der Waals surface area contributed by atoms with Crippen LogP contribution in [0.15, 0.2) is 37.0 Å². The van der Waals surface area contributed by atoms with Gasteiger partial charge in [-0.25, -0.2) is 9.78 Å². The zero-order valence-electron chi connectivity index (χ0n) is 11.8. The van der Waals surface area contributed by atoms with Crippen LogP contribution in [0.25, 0.3) is 6.08 Å². The van der Waals surface area contributed by atoms with E-state index in [0.717, 1.165) is 11.3 Å². The Kier molecular flexibility index (Phi) is 6.99. The van der Waals surface area contributed by atoms with Crippen LogP contribution in [-0.4, -0.2) is 27.2 Å². The van der Waals surface area contributed by atoms with Gasteiger partial charge in [-0.1, -0.05) is 36.4 Å². The average molecular weight is 380 g/mol. The maximum absolute atomic E-state index is 10.6. The number of aromatic nitrogens is 2. The minimum absolute atomic E-state index is 0.150. The first kappa shape index (κ1) is 19.7. The average Bonchev–Trinajstić information content (AvgIpc) is 2.51. The van der Waals surface area contributed by atoms with Gasteiger partial charge in [0.15, 0.2) is 5.82 Å². The molecule has 1 aromatic carbocycles. The fraction of sp³-hybridized carbons (Fsp3) is 0.0714. The number of nitrogens with one attached hydrogen (secondary N) is 1. The van der Waals surface area contributed by atoms with Gasteiger partial charge in [0.1, 0.15) is 5.02 Å². The van der Waals surface area contributed by atoms with Crippen molar-refractivity contribution in [3.05, 3.63) is 52.9 Å². The van der Waals surface area contributed by atoms with E-state index in [1.54, 1.807) is 6.08 Å². The summed E-state index contributed by atoms with van der Waals surface area (Å²) in [6.07, 6.45) is -1.86. The molecule has 0 amide bonds. The molecule has 0 atom stereocenters. The van der Waals surface area contributed by atoms with E-state index in [-0.39, 0.29) is 5.28 Å². The molecule has 0 aliphatic heterocycles. The van der Waals surface area contributed by atoms with Crippen molar-refractivity contribution in [2.75, 3.05) is 5.32 Å². The molecule has 1 aromatic heterocycles. The number of carboxylic acid groups (broad SMARTS) is 1. The summed E-state index contributed by atoms with van der Waals surface area (Å²) in [6, 6.07) is 7.70. The van der Waals surface area contributed by atoms with Crippen molar-refractivity contribution in [3.8, 4) is 0 Å². The van der Waals surface area contributed by atoms with E-state index >= 15 is 0 Å². The van der Waals surface area contributed by atoms with E-state index in [9.17, 15) is 13.2 Å². The highest BCUT2D eigenvalue weighted by Crippen LogP contribution is 2.24. The summed E-state index contributed by atoms with van der Waals surface area (Å²) < 4.78 is 31.7. The van der Waals surface area contributed by atoms with Crippen molar-refractivity contribution in [1.82, 2.24) is 9.97 Å². The first-order chi connectivity index (χ1) is 11.1. The lowest BCUT2D eigenvalue weighted by molar-refractivity contribution is -0.192. The highest BCUT2D eigenvalue weighted by Gasteiger charge is 2.38. The Bertz CT molecular complexity index is 739. The molecule has 5 nitrogen and oxygen atoms in total. The van der Waals surface area contributed by atoms with Gasteiger partial charge in [0, 0.05) is 5.69 Å². The molecule has 0 aliphatic rings. The molecule has 0 unspecified atom stereocenters. The lowest BCUT2D eigenvalue weighted by atomic mass is 10.2. The number of hydrogen-bond acceptors (Lipinski definition) is 4. The first-order valence-corrected chi connectivity index (χ1v) is 6.86. The lowest BCUT2D eigenvalue weighted by Crippen LogP contribution is -2.21. The third-order valence-electron chi connectivity index (χ3n) is 2.34. The van der Waals surface area contributed by atoms with Gasteiger partial charge in [-0.05, 0) is 29.3 Å². The SMILES string of the molecule is C=Cc1cccc(Nc2nc(Cl)ncc2Cl)c1.O=C(O)C(F)(F)F. The van der Waals surface area contributed by atoms with Crippen molar-refractivity contribution >= 4 is 46.8 Å². The molecule has 0 saturated heterocycles. The fourth-order valence-electron chi connectivity index (χ4n) is 1.31. The summed E-state index contributed by atoms with van der Waals surface area (Å²) >= 11 is 11.7. The van der Waals surface area contributed by atoms with Crippen molar-refractivity contribution in [1.29, 1.82) is 0 Å². The minimum atomic E-state index is -5.08. The molecule has 0 fully saturated rings. The number of nitrogens with zero attached hydrogens (tertiary/aromatic N) is 2. The van der Waals surface area contributed by atoms with E-state index in [4.69, 9.17) is 33.1 Å². The van der Waals surface area contributed by atoms with E-state index in [1.807, 2.05) is 24.3 Å². The number of carboxylic acids is 1. The number of rotatable bonds is 3. The van der Waals surface area contributed by atoms with E-state index < -0.39 is 12.1 Å². The molecule has 1 heterocycles. The van der Waals surface area contributed by atoms with Gasteiger partial charge < -0.3 is 10.4 Å². The second-order valence-corrected chi connectivity index (χ2v) is 4.84. The predicted octanol–water partition coefficient (Wildman–Crippen LogP) is 4.80. The van der Waals surface area contributed by atoms with Crippen LogP contribution in [0.2, 0.25) is 10.3 Å². The molecule has 24 heavy (non-hydrogen) atoms. The van der Waals surface area contributed by atoms with Gasteiger partial charge in [-0.3, -0.25) is 0 Å². The summed E-state index contributed by atoms with van der Waals surface area (Å²) in [5, 5.41) is 10.8. The minimum Gasteiger partial charge on any atom is -0.475 e. The highest BCUT2D eigenvalue weighted by molar-refractivity contribution is 6.33. The van der Waals surface area contributed by atoms with Crippen LogP contribution in [0, 0.1) is 0 Å². The zero-order chi connectivity index (χ0) is 18.3. The zero-order valence-corrected chi connectivity index (χ0v) is 13.3. The summed E-state index contributed by atoms with van der Waals surface area (Å²) in [5.41, 5.74) is 1.87. The summed E-state index contributed by atoms with van der Waals surface area (Å²) in [4.78, 5) is 16.7. The van der Waals surface area contributed by atoms with Crippen LogP contribution in [0.3, 0.4) is 0 Å². The molecular formula is C14H10Cl2F3N3O2. The largest absolute Gasteiger partial charge is 0.490 e. The first-order valence-electron chi connectivity index (χ1n) is 6.11. The number of anilines is 2. The standard InChI is InChI=1S/C12H9Cl2N3.C2HF3O2/c1-2-8-4-3-5-9(6-8)16-11-10(13)7-15-12(14)17-11;3-2(4,5)1(6)7/h2-7H,1H2,(H,15,16,17);(H,6,7). The number of carbonyl (C=O) groups is 1. The molecular weight excluding hydrogens is 370 g/mol. The maximum atomic E-state index is 10.6. The smallest absolute Gasteiger partial charge is 0.475 e. The van der Waals surface area contributed by atoms with Crippen LogP contribution in [0.5, 0.6) is 0 Å². The molecule has 2 rings (SSSR count). The number of benzene rings is 1. The van der Waals surface area contributed by atoms with Gasteiger partial charge in [0.05, 0.1) is 6.20 Å². The van der Waals surface area contributed by atoms with Crippen LogP contribution >= 0.6 is 23.2 Å². The number of hydrogen-bond donors (Lipinski definition) is 2. The molecule has 0 bridgehead atoms. The third-order valence-corrected chi connectivity index (χ3v) is 2.80. The van der Waals surface area contributed by atoms with Crippen LogP contribution in [-0.2, 0) is 4.79 Å². The quantitative estimate of drug-likeness (QED) is 0.748. The second kappa shape index (κ2) is 8.51. The Hall–Kier alpha value is -2.32. The molecule has 0 radical (unpaired) electrons. The maximum Gasteiger partial charge on any atom is 0.490 e. The van der Waals surface area contributed by atoms with Gasteiger partial charge >= 0.3 is 12.1 Å². The van der Waals surface area contributed by atoms with Crippen LogP contribution < -0.4 is 5.32 Å². The molecule has 128 valence electrons.